The number of rotatable bonds is 11. The van der Waals surface area contributed by atoms with Crippen LogP contribution in [0.25, 0.3) is 0 Å². The zero-order valence-corrected chi connectivity index (χ0v) is 18.4. The second kappa shape index (κ2) is 13.0. The fourth-order valence-corrected chi connectivity index (χ4v) is 3.00. The first kappa shape index (κ1) is 26.5. The zero-order chi connectivity index (χ0) is 23.6. The highest BCUT2D eigenvalue weighted by Crippen LogP contribution is 2.30. The Morgan fingerprint density at radius 2 is 1.26 bits per heavy atom. The van der Waals surface area contributed by atoms with E-state index in [0.29, 0.717) is 19.3 Å². The normalized spacial score (nSPS) is 25.3. The molecule has 3 unspecified atom stereocenters. The van der Waals surface area contributed by atoms with Crippen LogP contribution in [0.2, 0.25) is 0 Å². The van der Waals surface area contributed by atoms with Crippen molar-refractivity contribution < 1.29 is 52.4 Å². The highest BCUT2D eigenvalue weighted by atomic mass is 16.7. The molecule has 0 aromatic heterocycles. The van der Waals surface area contributed by atoms with Crippen LogP contribution in [0.3, 0.4) is 0 Å². The Morgan fingerprint density at radius 3 is 1.77 bits per heavy atom. The minimum atomic E-state index is -1.26. The van der Waals surface area contributed by atoms with E-state index in [9.17, 15) is 24.0 Å². The monoisotopic (exact) mass is 446 g/mol. The van der Waals surface area contributed by atoms with E-state index in [1.807, 2.05) is 0 Å². The molecule has 11 nitrogen and oxygen atoms in total. The molecule has 31 heavy (non-hydrogen) atoms. The molecule has 1 rings (SSSR count). The molecule has 0 N–H and O–H groups in total. The summed E-state index contributed by atoms with van der Waals surface area (Å²) < 4.78 is 32.3. The van der Waals surface area contributed by atoms with Crippen LogP contribution < -0.4 is 0 Å². The topological polar surface area (TPSA) is 141 Å². The molecule has 0 bridgehead atoms. The molecule has 5 atom stereocenters. The van der Waals surface area contributed by atoms with Gasteiger partial charge in [-0.05, 0) is 19.8 Å². The predicted octanol–water partition coefficient (Wildman–Crippen LogP) is 0.845. The highest BCUT2D eigenvalue weighted by molar-refractivity contribution is 5.75. The van der Waals surface area contributed by atoms with Gasteiger partial charge in [0.1, 0.15) is 18.5 Å². The molecule has 0 radical (unpaired) electrons. The lowest BCUT2D eigenvalue weighted by Crippen LogP contribution is -2.63. The highest BCUT2D eigenvalue weighted by Gasteiger charge is 2.52. The van der Waals surface area contributed by atoms with Crippen LogP contribution in [0.5, 0.6) is 0 Å². The summed E-state index contributed by atoms with van der Waals surface area (Å²) in [7, 11) is 0. The minimum absolute atomic E-state index is 0.0484. The fraction of sp³-hybridized carbons (Fsp3) is 0.750. The first-order valence-electron chi connectivity index (χ1n) is 9.92. The molecular weight excluding hydrogens is 416 g/mol. The van der Waals surface area contributed by atoms with Gasteiger partial charge in [-0.1, -0.05) is 0 Å². The van der Waals surface area contributed by atoms with Gasteiger partial charge >= 0.3 is 23.9 Å². The molecule has 1 aliphatic rings. The van der Waals surface area contributed by atoms with Crippen molar-refractivity contribution >= 4 is 29.7 Å². The van der Waals surface area contributed by atoms with Crippen molar-refractivity contribution in [1.82, 2.24) is 0 Å². The predicted molar refractivity (Wildman–Crippen MR) is 102 cm³/mol. The summed E-state index contributed by atoms with van der Waals surface area (Å²) in [6.07, 6.45) is -4.48. The maximum Gasteiger partial charge on any atom is 0.303 e. The van der Waals surface area contributed by atoms with Crippen LogP contribution >= 0.6 is 0 Å². The largest absolute Gasteiger partial charge is 0.463 e. The van der Waals surface area contributed by atoms with Gasteiger partial charge in [-0.15, -0.1) is 0 Å². The van der Waals surface area contributed by atoms with Gasteiger partial charge < -0.3 is 33.2 Å². The van der Waals surface area contributed by atoms with Crippen molar-refractivity contribution in [3.8, 4) is 0 Å². The lowest BCUT2D eigenvalue weighted by atomic mass is 9.98. The second-order valence-electron chi connectivity index (χ2n) is 7.10. The van der Waals surface area contributed by atoms with Crippen LogP contribution in [-0.2, 0) is 52.4 Å². The molecule has 0 aliphatic carbocycles. The molecule has 1 saturated heterocycles. The average molecular weight is 446 g/mol. The molecule has 0 amide bonds. The Morgan fingerprint density at radius 1 is 0.710 bits per heavy atom. The summed E-state index contributed by atoms with van der Waals surface area (Å²) in [4.78, 5) is 57.4. The second-order valence-corrected chi connectivity index (χ2v) is 7.10. The van der Waals surface area contributed by atoms with Crippen molar-refractivity contribution in [1.29, 1.82) is 0 Å². The summed E-state index contributed by atoms with van der Waals surface area (Å²) in [6.45, 7) is 5.96. The Bertz CT molecular complexity index is 660. The van der Waals surface area contributed by atoms with E-state index in [4.69, 9.17) is 28.4 Å². The van der Waals surface area contributed by atoms with Gasteiger partial charge in [0.05, 0.1) is 0 Å². The number of hydrogen-bond donors (Lipinski definition) is 0. The summed E-state index contributed by atoms with van der Waals surface area (Å²) in [5.41, 5.74) is 0. The molecule has 176 valence electrons. The molecule has 0 saturated carbocycles. The summed E-state index contributed by atoms with van der Waals surface area (Å²) in [5.74, 6) is -2.67. The van der Waals surface area contributed by atoms with Crippen molar-refractivity contribution in [2.24, 2.45) is 0 Å². The van der Waals surface area contributed by atoms with Gasteiger partial charge in [0, 0.05) is 40.7 Å². The molecule has 1 aliphatic heterocycles. The number of unbranched alkanes of at least 4 members (excludes halogenated alkanes) is 1. The first-order valence-corrected chi connectivity index (χ1v) is 9.92. The number of carbonyl (C=O) groups is 5. The van der Waals surface area contributed by atoms with E-state index in [-0.39, 0.29) is 19.0 Å². The minimum Gasteiger partial charge on any atom is -0.463 e. The van der Waals surface area contributed by atoms with Crippen LogP contribution in [0.4, 0.5) is 0 Å². The SMILES string of the molecule is CC(=O)CCCCOC1OC(COC(C)=O)[C@@H](OC(C)=O)[C@@H](OC(C)=O)C1OC(C)=O. The van der Waals surface area contributed by atoms with Crippen molar-refractivity contribution in [2.75, 3.05) is 13.2 Å². The number of Topliss-reactive ketones (excluding diaryl/α,β-unsaturated/α-hetero) is 1. The third kappa shape index (κ3) is 9.88. The zero-order valence-electron chi connectivity index (χ0n) is 18.4. The molecule has 1 fully saturated rings. The third-order valence-electron chi connectivity index (χ3n) is 4.15. The van der Waals surface area contributed by atoms with Crippen molar-refractivity contribution in [2.45, 2.75) is 84.6 Å². The fourth-order valence-electron chi connectivity index (χ4n) is 3.00. The molecule has 0 aromatic carbocycles. The molecule has 1 heterocycles. The summed E-state index contributed by atoms with van der Waals surface area (Å²) in [6, 6.07) is 0. The number of hydrogen-bond acceptors (Lipinski definition) is 11. The lowest BCUT2D eigenvalue weighted by molar-refractivity contribution is -0.308. The van der Waals surface area contributed by atoms with E-state index >= 15 is 0 Å². The maximum atomic E-state index is 11.7. The standard InChI is InChI=1S/C20H30O11/c1-11(21)8-6-7-9-26-20-19(30-15(5)25)18(29-14(4)24)17(28-13(3)23)16(31-20)10-27-12(2)22/h16-20H,6-10H2,1-5H3/t16?,17-,18-,19?,20?/m1/s1. The van der Waals surface area contributed by atoms with Crippen LogP contribution in [0, 0.1) is 0 Å². The van der Waals surface area contributed by atoms with Gasteiger partial charge in [-0.2, -0.15) is 0 Å². The Balaban J connectivity index is 3.11. The van der Waals surface area contributed by atoms with E-state index in [2.05, 4.69) is 0 Å². The Labute approximate surface area is 180 Å². The number of ketones is 1. The average Bonchev–Trinajstić information content (AvgIpc) is 2.62. The van der Waals surface area contributed by atoms with E-state index in [1.165, 1.54) is 13.8 Å². The van der Waals surface area contributed by atoms with Crippen molar-refractivity contribution in [3.05, 3.63) is 0 Å². The molecule has 11 heteroatoms. The van der Waals surface area contributed by atoms with E-state index < -0.39 is 54.6 Å². The van der Waals surface area contributed by atoms with Gasteiger partial charge in [0.25, 0.3) is 0 Å². The third-order valence-corrected chi connectivity index (χ3v) is 4.15. The van der Waals surface area contributed by atoms with Gasteiger partial charge in [-0.3, -0.25) is 19.2 Å². The smallest absolute Gasteiger partial charge is 0.303 e. The maximum absolute atomic E-state index is 11.7. The van der Waals surface area contributed by atoms with Crippen LogP contribution in [0.15, 0.2) is 0 Å². The molecular formula is C20H30O11. The van der Waals surface area contributed by atoms with Gasteiger partial charge in [0.15, 0.2) is 24.6 Å². The van der Waals surface area contributed by atoms with E-state index in [0.717, 1.165) is 20.8 Å². The van der Waals surface area contributed by atoms with Gasteiger partial charge in [0.2, 0.25) is 0 Å². The number of ether oxygens (including phenoxy) is 6. The molecule has 0 spiro atoms. The van der Waals surface area contributed by atoms with E-state index in [1.54, 1.807) is 0 Å². The summed E-state index contributed by atoms with van der Waals surface area (Å²) >= 11 is 0. The Hall–Kier alpha value is -2.53. The summed E-state index contributed by atoms with van der Waals surface area (Å²) in [5, 5.41) is 0. The van der Waals surface area contributed by atoms with Crippen LogP contribution in [0.1, 0.15) is 53.9 Å². The molecule has 0 aromatic rings. The van der Waals surface area contributed by atoms with Crippen molar-refractivity contribution in [3.63, 3.8) is 0 Å². The quantitative estimate of drug-likeness (QED) is 0.253. The first-order chi connectivity index (χ1) is 14.5. The Kier molecular flexibility index (Phi) is 11.1. The number of esters is 4. The van der Waals surface area contributed by atoms with Gasteiger partial charge in [-0.25, -0.2) is 0 Å². The lowest BCUT2D eigenvalue weighted by Gasteiger charge is -2.44. The van der Waals surface area contributed by atoms with Crippen LogP contribution in [-0.4, -0.2) is 73.6 Å². The number of carbonyl (C=O) groups excluding carboxylic acids is 5.